The van der Waals surface area contributed by atoms with Gasteiger partial charge in [-0.05, 0) is 18.4 Å². The maximum absolute atomic E-state index is 11.2. The fraction of sp³-hybridized carbons (Fsp3) is 0.400. The first-order valence-electron chi connectivity index (χ1n) is 4.54. The summed E-state index contributed by atoms with van der Waals surface area (Å²) in [7, 11) is 0. The highest BCUT2D eigenvalue weighted by molar-refractivity contribution is 7.09. The number of hydrogen-bond donors (Lipinski definition) is 1. The number of carbonyl (C=O) groups excluding carboxylic acids is 2. The number of nitrogens with one attached hydrogen (secondary N) is 1. The summed E-state index contributed by atoms with van der Waals surface area (Å²) in [6.45, 7) is 1.86. The van der Waals surface area contributed by atoms with Crippen LogP contribution in [0.25, 0.3) is 0 Å². The summed E-state index contributed by atoms with van der Waals surface area (Å²) in [6, 6.07) is 3.87. The predicted molar refractivity (Wildman–Crippen MR) is 57.7 cm³/mol. The van der Waals surface area contributed by atoms with E-state index >= 15 is 0 Å². The lowest BCUT2D eigenvalue weighted by atomic mass is 10.4. The van der Waals surface area contributed by atoms with E-state index in [1.54, 1.807) is 11.3 Å². The van der Waals surface area contributed by atoms with Gasteiger partial charge in [0.1, 0.15) is 13.2 Å². The minimum Gasteiger partial charge on any atom is -0.364 e. The molecule has 5 heteroatoms. The Morgan fingerprint density at radius 3 is 2.87 bits per heavy atom. The van der Waals surface area contributed by atoms with Gasteiger partial charge in [-0.1, -0.05) is 6.07 Å². The van der Waals surface area contributed by atoms with Gasteiger partial charge in [-0.3, -0.25) is 9.59 Å². The van der Waals surface area contributed by atoms with Crippen molar-refractivity contribution in [1.29, 1.82) is 0 Å². The van der Waals surface area contributed by atoms with E-state index in [9.17, 15) is 9.59 Å². The van der Waals surface area contributed by atoms with Gasteiger partial charge in [0.2, 0.25) is 5.91 Å². The molecule has 0 unspecified atom stereocenters. The van der Waals surface area contributed by atoms with Crippen molar-refractivity contribution in [2.75, 3.05) is 13.2 Å². The molecule has 82 valence electrons. The van der Waals surface area contributed by atoms with Crippen molar-refractivity contribution in [1.82, 2.24) is 5.32 Å². The van der Waals surface area contributed by atoms with Crippen LogP contribution in [0.2, 0.25) is 0 Å². The third-order valence-corrected chi connectivity index (χ3v) is 2.45. The highest BCUT2D eigenvalue weighted by Gasteiger charge is 2.02. The summed E-state index contributed by atoms with van der Waals surface area (Å²) >= 11 is 1.58. The zero-order valence-electron chi connectivity index (χ0n) is 8.49. The first kappa shape index (κ1) is 11.9. The standard InChI is InChI=1S/C10H13NO3S/c1-8(12)6-14-7-10(13)11-5-9-3-2-4-15-9/h2-4H,5-7H2,1H3,(H,11,13). The molecule has 1 aromatic rings. The Bertz CT molecular complexity index is 321. The van der Waals surface area contributed by atoms with Crippen LogP contribution >= 0.6 is 11.3 Å². The fourth-order valence-electron chi connectivity index (χ4n) is 0.937. The van der Waals surface area contributed by atoms with Crippen LogP contribution in [0.1, 0.15) is 11.8 Å². The van der Waals surface area contributed by atoms with Crippen LogP contribution in [0.15, 0.2) is 17.5 Å². The Balaban J connectivity index is 2.11. The molecule has 0 aromatic carbocycles. The average Bonchev–Trinajstić information content (AvgIpc) is 2.66. The van der Waals surface area contributed by atoms with Gasteiger partial charge in [-0.25, -0.2) is 0 Å². The molecule has 0 aliphatic carbocycles. The van der Waals surface area contributed by atoms with Crippen LogP contribution in [0.4, 0.5) is 0 Å². The molecule has 1 aromatic heterocycles. The molecule has 4 nitrogen and oxygen atoms in total. The highest BCUT2D eigenvalue weighted by Crippen LogP contribution is 2.06. The zero-order valence-corrected chi connectivity index (χ0v) is 9.30. The second-order valence-electron chi connectivity index (χ2n) is 3.05. The van der Waals surface area contributed by atoms with E-state index in [2.05, 4.69) is 5.32 Å². The number of amides is 1. The van der Waals surface area contributed by atoms with Crippen molar-refractivity contribution >= 4 is 23.0 Å². The number of Topliss-reactive ketones (excluding diaryl/α,β-unsaturated/α-hetero) is 1. The van der Waals surface area contributed by atoms with E-state index in [1.807, 2.05) is 17.5 Å². The zero-order chi connectivity index (χ0) is 11.1. The van der Waals surface area contributed by atoms with Crippen LogP contribution in [-0.2, 0) is 20.9 Å². The molecule has 0 fully saturated rings. The van der Waals surface area contributed by atoms with E-state index in [0.29, 0.717) is 6.54 Å². The molecule has 1 heterocycles. The molecular formula is C10H13NO3S. The Kier molecular flexibility index (Phi) is 5.00. The second-order valence-corrected chi connectivity index (χ2v) is 4.08. The number of ether oxygens (including phenoxy) is 1. The largest absolute Gasteiger partial charge is 0.364 e. The molecule has 1 N–H and O–H groups in total. The quantitative estimate of drug-likeness (QED) is 0.788. The molecule has 0 aliphatic rings. The highest BCUT2D eigenvalue weighted by atomic mass is 32.1. The summed E-state index contributed by atoms with van der Waals surface area (Å²) < 4.78 is 4.87. The van der Waals surface area contributed by atoms with Gasteiger partial charge >= 0.3 is 0 Å². The lowest BCUT2D eigenvalue weighted by Crippen LogP contribution is -2.27. The summed E-state index contributed by atoms with van der Waals surface area (Å²) in [5, 5.41) is 4.65. The smallest absolute Gasteiger partial charge is 0.246 e. The molecule has 0 aliphatic heterocycles. The number of rotatable bonds is 6. The van der Waals surface area contributed by atoms with Crippen molar-refractivity contribution in [3.63, 3.8) is 0 Å². The summed E-state index contributed by atoms with van der Waals surface area (Å²) in [5.41, 5.74) is 0. The van der Waals surface area contributed by atoms with E-state index < -0.39 is 0 Å². The van der Waals surface area contributed by atoms with Crippen molar-refractivity contribution in [2.24, 2.45) is 0 Å². The molecular weight excluding hydrogens is 214 g/mol. The van der Waals surface area contributed by atoms with E-state index in [1.165, 1.54) is 6.92 Å². The molecule has 0 spiro atoms. The third kappa shape index (κ3) is 5.29. The van der Waals surface area contributed by atoms with E-state index in [4.69, 9.17) is 4.74 Å². The van der Waals surface area contributed by atoms with Crippen molar-refractivity contribution in [3.8, 4) is 0 Å². The van der Waals surface area contributed by atoms with Crippen molar-refractivity contribution in [2.45, 2.75) is 13.5 Å². The molecule has 15 heavy (non-hydrogen) atoms. The topological polar surface area (TPSA) is 55.4 Å². The van der Waals surface area contributed by atoms with Gasteiger partial charge in [-0.15, -0.1) is 11.3 Å². The summed E-state index contributed by atoms with van der Waals surface area (Å²) in [4.78, 5) is 22.8. The maximum Gasteiger partial charge on any atom is 0.246 e. The minimum atomic E-state index is -0.204. The molecule has 0 saturated heterocycles. The molecule has 0 saturated carbocycles. The molecule has 1 amide bonds. The number of ketones is 1. The first-order valence-corrected chi connectivity index (χ1v) is 5.42. The lowest BCUT2D eigenvalue weighted by Gasteiger charge is -2.03. The van der Waals surface area contributed by atoms with Gasteiger partial charge in [0.05, 0.1) is 6.54 Å². The third-order valence-electron chi connectivity index (χ3n) is 1.58. The Labute approximate surface area is 92.2 Å². The fourth-order valence-corrected chi connectivity index (χ4v) is 1.58. The number of carbonyl (C=O) groups is 2. The van der Waals surface area contributed by atoms with Gasteiger partial charge in [-0.2, -0.15) is 0 Å². The normalized spacial score (nSPS) is 9.93. The number of thiophene rings is 1. The van der Waals surface area contributed by atoms with Crippen LogP contribution in [0.3, 0.4) is 0 Å². The summed E-state index contributed by atoms with van der Waals surface area (Å²) in [6.07, 6.45) is 0. The second kappa shape index (κ2) is 6.31. The SMILES string of the molecule is CC(=O)COCC(=O)NCc1cccs1. The lowest BCUT2D eigenvalue weighted by molar-refractivity contribution is -0.129. The Morgan fingerprint density at radius 1 is 1.47 bits per heavy atom. The van der Waals surface area contributed by atoms with E-state index in [0.717, 1.165) is 4.88 Å². The Morgan fingerprint density at radius 2 is 2.27 bits per heavy atom. The van der Waals surface area contributed by atoms with Crippen LogP contribution < -0.4 is 5.32 Å². The average molecular weight is 227 g/mol. The van der Waals surface area contributed by atoms with E-state index in [-0.39, 0.29) is 24.9 Å². The van der Waals surface area contributed by atoms with Gasteiger partial charge in [0.15, 0.2) is 5.78 Å². The number of hydrogen-bond acceptors (Lipinski definition) is 4. The van der Waals surface area contributed by atoms with Crippen molar-refractivity contribution < 1.29 is 14.3 Å². The summed E-state index contributed by atoms with van der Waals surface area (Å²) in [5.74, 6) is -0.286. The maximum atomic E-state index is 11.2. The molecule has 0 radical (unpaired) electrons. The minimum absolute atomic E-state index is 0.00752. The van der Waals surface area contributed by atoms with Crippen molar-refractivity contribution in [3.05, 3.63) is 22.4 Å². The van der Waals surface area contributed by atoms with Gasteiger partial charge in [0, 0.05) is 4.88 Å². The van der Waals surface area contributed by atoms with Gasteiger partial charge < -0.3 is 10.1 Å². The Hall–Kier alpha value is -1.20. The molecule has 0 bridgehead atoms. The monoisotopic (exact) mass is 227 g/mol. The molecule has 0 atom stereocenters. The van der Waals surface area contributed by atoms with Crippen LogP contribution in [-0.4, -0.2) is 24.9 Å². The van der Waals surface area contributed by atoms with Crippen LogP contribution in [0, 0.1) is 0 Å². The first-order chi connectivity index (χ1) is 7.18. The predicted octanol–water partition coefficient (Wildman–Crippen LogP) is 0.970. The van der Waals surface area contributed by atoms with Crippen LogP contribution in [0.5, 0.6) is 0 Å². The van der Waals surface area contributed by atoms with Gasteiger partial charge in [0.25, 0.3) is 0 Å². The molecule has 1 rings (SSSR count).